The van der Waals surface area contributed by atoms with Gasteiger partial charge in [0.25, 0.3) is 0 Å². The van der Waals surface area contributed by atoms with Crippen molar-refractivity contribution in [1.82, 2.24) is 11.5 Å². The number of hydrogen-bond acceptors (Lipinski definition) is 3. The summed E-state index contributed by atoms with van der Waals surface area (Å²) in [6.45, 7) is 2.03. The smallest absolute Gasteiger partial charge is 0.0292 e. The Morgan fingerprint density at radius 1 is 1.25 bits per heavy atom. The van der Waals surface area contributed by atoms with Gasteiger partial charge in [-0.05, 0) is 0 Å². The average Bonchev–Trinajstić information content (AvgIpc) is 1.30. The van der Waals surface area contributed by atoms with Crippen LogP contribution >= 0.6 is 24.8 Å². The molecule has 0 aromatic carbocycles. The molecule has 1 rings (SSSR count). The van der Waals surface area contributed by atoms with Gasteiger partial charge in [-0.2, -0.15) is 0 Å². The second-order valence-corrected chi connectivity index (χ2v) is 1.42. The normalized spacial score (nSPS) is 16.1. The molecule has 0 aliphatic carbocycles. The Balaban J connectivity index is -0.0000000833. The Morgan fingerprint density at radius 2 is 1.50 bits per heavy atom. The van der Waals surface area contributed by atoms with Crippen LogP contribution in [0.5, 0.6) is 0 Å². The molecule has 6 N–H and O–H groups in total. The van der Waals surface area contributed by atoms with Gasteiger partial charge in [0.05, 0.1) is 0 Å². The van der Waals surface area contributed by atoms with Gasteiger partial charge in [0.1, 0.15) is 0 Å². The van der Waals surface area contributed by atoms with Gasteiger partial charge in [-0.3, -0.25) is 0 Å². The summed E-state index contributed by atoms with van der Waals surface area (Å²) in [6.07, 6.45) is 0. The molecule has 0 aromatic rings. The monoisotopic (exact) mass is 161 g/mol. The van der Waals surface area contributed by atoms with Gasteiger partial charge in [0.15, 0.2) is 0 Å². The first-order valence-electron chi connectivity index (χ1n) is 1.86. The fourth-order valence-corrected chi connectivity index (χ4v) is 0.311. The molecule has 1 aliphatic rings. The van der Waals surface area contributed by atoms with Crippen LogP contribution in [0.1, 0.15) is 0 Å². The minimum Gasteiger partial charge on any atom is -0.344 e. The second kappa shape index (κ2) is 7.46. The largest absolute Gasteiger partial charge is 0.344 e. The highest BCUT2D eigenvalue weighted by atomic mass is 35.5. The molecule has 1 aliphatic heterocycles. The molecule has 5 heteroatoms. The topological polar surface area (TPSA) is 73.0 Å². The molecule has 1 saturated heterocycles. The van der Waals surface area contributed by atoms with E-state index in [1.54, 1.807) is 0 Å². The fraction of sp³-hybridized carbons (Fsp3) is 1.00. The maximum absolute atomic E-state index is 5.32. The second-order valence-electron chi connectivity index (χ2n) is 1.42. The van der Waals surface area contributed by atoms with Crippen LogP contribution < -0.4 is 17.2 Å². The third-order valence-corrected chi connectivity index (χ3v) is 0.813. The SMILES string of the molecule is Cl.Cl.N.NC1CNC1. The molecule has 0 bridgehead atoms. The van der Waals surface area contributed by atoms with Crippen LogP contribution in [0.2, 0.25) is 0 Å². The molecule has 0 saturated carbocycles. The molecule has 54 valence electrons. The molecular formula is C3H13Cl2N3. The zero-order valence-electron chi connectivity index (χ0n) is 4.59. The first-order chi connectivity index (χ1) is 2.39. The van der Waals surface area contributed by atoms with E-state index in [0.717, 1.165) is 13.1 Å². The Hall–Kier alpha value is 0.460. The summed E-state index contributed by atoms with van der Waals surface area (Å²) in [5.74, 6) is 0. The molecule has 0 atom stereocenters. The minimum atomic E-state index is 0. The molecule has 0 spiro atoms. The number of nitrogens with one attached hydrogen (secondary N) is 1. The highest BCUT2D eigenvalue weighted by molar-refractivity contribution is 5.85. The van der Waals surface area contributed by atoms with Gasteiger partial charge in [-0.25, -0.2) is 0 Å². The van der Waals surface area contributed by atoms with Crippen molar-refractivity contribution in [2.45, 2.75) is 6.04 Å². The van der Waals surface area contributed by atoms with E-state index >= 15 is 0 Å². The third-order valence-electron chi connectivity index (χ3n) is 0.813. The number of nitrogens with two attached hydrogens (primary N) is 1. The molecule has 3 nitrogen and oxygen atoms in total. The van der Waals surface area contributed by atoms with Crippen molar-refractivity contribution in [1.29, 1.82) is 0 Å². The van der Waals surface area contributed by atoms with Crippen LogP contribution in [-0.2, 0) is 0 Å². The highest BCUT2D eigenvalue weighted by Crippen LogP contribution is 1.80. The summed E-state index contributed by atoms with van der Waals surface area (Å²) in [6, 6.07) is 0.454. The summed E-state index contributed by atoms with van der Waals surface area (Å²) in [4.78, 5) is 0. The first kappa shape index (κ1) is 15.8. The van der Waals surface area contributed by atoms with Crippen molar-refractivity contribution in [3.05, 3.63) is 0 Å². The summed E-state index contributed by atoms with van der Waals surface area (Å²) < 4.78 is 0. The van der Waals surface area contributed by atoms with Crippen LogP contribution in [0.15, 0.2) is 0 Å². The van der Waals surface area contributed by atoms with Gasteiger partial charge in [0, 0.05) is 19.1 Å². The number of rotatable bonds is 0. The van der Waals surface area contributed by atoms with E-state index < -0.39 is 0 Å². The van der Waals surface area contributed by atoms with Crippen LogP contribution in [0, 0.1) is 0 Å². The molecule has 0 radical (unpaired) electrons. The van der Waals surface area contributed by atoms with Gasteiger partial charge in [-0.1, -0.05) is 0 Å². The minimum absolute atomic E-state index is 0. The van der Waals surface area contributed by atoms with Crippen LogP contribution in [0.25, 0.3) is 0 Å². The van der Waals surface area contributed by atoms with Crippen LogP contribution in [-0.4, -0.2) is 19.1 Å². The van der Waals surface area contributed by atoms with Crippen molar-refractivity contribution in [3.63, 3.8) is 0 Å². The van der Waals surface area contributed by atoms with E-state index in [2.05, 4.69) is 5.32 Å². The molecule has 0 aromatic heterocycles. The summed E-state index contributed by atoms with van der Waals surface area (Å²) in [7, 11) is 0. The molecule has 0 unspecified atom stereocenters. The van der Waals surface area contributed by atoms with Crippen LogP contribution in [0.4, 0.5) is 0 Å². The Labute approximate surface area is 61.8 Å². The fourth-order valence-electron chi connectivity index (χ4n) is 0.311. The lowest BCUT2D eigenvalue weighted by atomic mass is 10.2. The van der Waals surface area contributed by atoms with E-state index in [-0.39, 0.29) is 31.0 Å². The summed E-state index contributed by atoms with van der Waals surface area (Å²) >= 11 is 0. The third kappa shape index (κ3) is 4.61. The Kier molecular flexibility index (Phi) is 14.7. The van der Waals surface area contributed by atoms with Crippen molar-refractivity contribution >= 4 is 24.8 Å². The van der Waals surface area contributed by atoms with Crippen molar-refractivity contribution in [2.75, 3.05) is 13.1 Å². The van der Waals surface area contributed by atoms with E-state index in [9.17, 15) is 0 Å². The Bertz CT molecular complexity index is 39.5. The molecule has 0 amide bonds. The number of hydrogen-bond donors (Lipinski definition) is 3. The van der Waals surface area contributed by atoms with Crippen molar-refractivity contribution < 1.29 is 0 Å². The predicted octanol–water partition coefficient (Wildman–Crippen LogP) is -0.0775. The molecule has 1 fully saturated rings. The first-order valence-corrected chi connectivity index (χ1v) is 1.86. The van der Waals surface area contributed by atoms with E-state index in [1.807, 2.05) is 0 Å². The predicted molar refractivity (Wildman–Crippen MR) is 40.4 cm³/mol. The molecule has 8 heavy (non-hydrogen) atoms. The maximum atomic E-state index is 5.32. The standard InChI is InChI=1S/C3H8N2.2ClH.H3N/c4-3-1-5-2-3;;;/h3,5H,1-2,4H2;2*1H;1H3. The van der Waals surface area contributed by atoms with E-state index in [4.69, 9.17) is 5.73 Å². The lowest BCUT2D eigenvalue weighted by molar-refractivity contribution is 0.445. The molecular weight excluding hydrogens is 149 g/mol. The zero-order chi connectivity index (χ0) is 3.70. The van der Waals surface area contributed by atoms with Gasteiger partial charge in [0.2, 0.25) is 0 Å². The van der Waals surface area contributed by atoms with Crippen LogP contribution in [0.3, 0.4) is 0 Å². The lowest BCUT2D eigenvalue weighted by Crippen LogP contribution is -2.52. The summed E-state index contributed by atoms with van der Waals surface area (Å²) in [5.41, 5.74) is 5.32. The van der Waals surface area contributed by atoms with Gasteiger partial charge in [-0.15, -0.1) is 24.8 Å². The highest BCUT2D eigenvalue weighted by Gasteiger charge is 2.08. The molecule has 1 heterocycles. The maximum Gasteiger partial charge on any atom is 0.0292 e. The number of halogens is 2. The van der Waals surface area contributed by atoms with Crippen molar-refractivity contribution in [2.24, 2.45) is 5.73 Å². The Morgan fingerprint density at radius 3 is 1.50 bits per heavy atom. The van der Waals surface area contributed by atoms with Gasteiger partial charge < -0.3 is 17.2 Å². The van der Waals surface area contributed by atoms with E-state index in [0.29, 0.717) is 6.04 Å². The van der Waals surface area contributed by atoms with Gasteiger partial charge >= 0.3 is 0 Å². The van der Waals surface area contributed by atoms with Crippen molar-refractivity contribution in [3.8, 4) is 0 Å². The lowest BCUT2D eigenvalue weighted by Gasteiger charge is -2.21. The quantitative estimate of drug-likeness (QED) is 0.466. The zero-order valence-corrected chi connectivity index (χ0v) is 6.23. The summed E-state index contributed by atoms with van der Waals surface area (Å²) in [5, 5.41) is 3.04. The average molecular weight is 162 g/mol. The van der Waals surface area contributed by atoms with E-state index in [1.165, 1.54) is 0 Å².